The molecule has 0 amide bonds. The van der Waals surface area contributed by atoms with Gasteiger partial charge in [-0.1, -0.05) is 43.9 Å². The summed E-state index contributed by atoms with van der Waals surface area (Å²) in [6.45, 7) is 8.00. The van der Waals surface area contributed by atoms with Gasteiger partial charge in [0.05, 0.1) is 10.6 Å². The molecule has 0 aliphatic carbocycles. The lowest BCUT2D eigenvalue weighted by molar-refractivity contribution is 0.214. The van der Waals surface area contributed by atoms with Crippen LogP contribution in [0, 0.1) is 5.41 Å². The van der Waals surface area contributed by atoms with Gasteiger partial charge < -0.3 is 14.5 Å². The van der Waals surface area contributed by atoms with Crippen molar-refractivity contribution in [2.75, 3.05) is 13.7 Å². The van der Waals surface area contributed by atoms with Crippen molar-refractivity contribution in [3.63, 3.8) is 0 Å². The number of aromatic nitrogens is 2. The molecule has 2 heterocycles. The Kier molecular flexibility index (Phi) is 7.94. The second kappa shape index (κ2) is 9.21. The van der Waals surface area contributed by atoms with E-state index in [-0.39, 0.29) is 5.90 Å². The van der Waals surface area contributed by atoms with Crippen LogP contribution >= 0.6 is 24.2 Å². The molecular weight excluding hydrogens is 366 g/mol. The van der Waals surface area contributed by atoms with Gasteiger partial charge in [0, 0.05) is 39.6 Å². The summed E-state index contributed by atoms with van der Waals surface area (Å²) in [6.07, 6.45) is 3.04. The van der Waals surface area contributed by atoms with Crippen LogP contribution in [0.5, 0.6) is 0 Å². The number of fused-ring (bicyclic) bond motifs is 1. The molecule has 0 radical (unpaired) electrons. The lowest BCUT2D eigenvalue weighted by Gasteiger charge is -2.13. The van der Waals surface area contributed by atoms with Gasteiger partial charge in [-0.25, -0.2) is 9.78 Å². The summed E-state index contributed by atoms with van der Waals surface area (Å²) in [5, 5.41) is 7.69. The zero-order valence-corrected chi connectivity index (χ0v) is 16.8. The van der Waals surface area contributed by atoms with E-state index in [1.54, 1.807) is 19.4 Å². The minimum atomic E-state index is -0.848. The molecule has 2 aromatic heterocycles. The van der Waals surface area contributed by atoms with E-state index in [1.165, 1.54) is 12.2 Å². The zero-order chi connectivity index (χ0) is 18.3. The Balaban J connectivity index is 0.000000307. The highest BCUT2D eigenvalue weighted by Crippen LogP contribution is 2.25. The van der Waals surface area contributed by atoms with E-state index in [0.717, 1.165) is 6.61 Å². The Hall–Kier alpha value is -1.35. The summed E-state index contributed by atoms with van der Waals surface area (Å²) < 4.78 is 9.51. The number of rotatable bonds is 4. The van der Waals surface area contributed by atoms with Crippen LogP contribution in [-0.4, -0.2) is 43.0 Å². The molecule has 9 heteroatoms. The molecule has 2 N–H and O–H groups in total. The molecule has 2 aromatic rings. The van der Waals surface area contributed by atoms with Crippen LogP contribution < -0.4 is 0 Å². The van der Waals surface area contributed by atoms with Crippen LogP contribution in [-0.2, 0) is 9.47 Å². The van der Waals surface area contributed by atoms with Crippen molar-refractivity contribution >= 4 is 54.5 Å². The number of aromatic amines is 1. The normalized spacial score (nSPS) is 10.9. The maximum Gasteiger partial charge on any atom is 0.370 e. The number of nitrogens with one attached hydrogen (secondary N) is 2. The predicted octanol–water partition coefficient (Wildman–Crippen LogP) is 4.58. The fraction of sp³-hybridized carbons (Fsp3) is 0.400. The Bertz CT molecular complexity index is 716. The first-order valence-electron chi connectivity index (χ1n) is 7.26. The highest BCUT2D eigenvalue weighted by molar-refractivity contribution is 7.96. The molecule has 6 nitrogen and oxygen atoms in total. The Morgan fingerprint density at radius 3 is 2.62 bits per heavy atom. The minimum absolute atomic E-state index is 0.318. The van der Waals surface area contributed by atoms with Crippen molar-refractivity contribution in [2.45, 2.75) is 25.7 Å². The molecule has 0 unspecified atom stereocenters. The summed E-state index contributed by atoms with van der Waals surface area (Å²) >= 11 is 9.40. The van der Waals surface area contributed by atoms with E-state index in [0.29, 0.717) is 21.6 Å². The lowest BCUT2D eigenvalue weighted by Crippen LogP contribution is -2.21. The van der Waals surface area contributed by atoms with Crippen LogP contribution in [0.15, 0.2) is 18.5 Å². The molecule has 0 bridgehead atoms. The Morgan fingerprint density at radius 2 is 2.12 bits per heavy atom. The van der Waals surface area contributed by atoms with Crippen LogP contribution in [0.1, 0.15) is 5.56 Å². The molecule has 132 valence electrons. The summed E-state index contributed by atoms with van der Waals surface area (Å²) in [7, 11) is 0.961. The van der Waals surface area contributed by atoms with Gasteiger partial charge in [-0.15, -0.1) is 0 Å². The maximum absolute atomic E-state index is 10.6. The number of hydrogen-bond acceptors (Lipinski definition) is 5. The number of carbonyl (C=O) groups is 1. The van der Waals surface area contributed by atoms with Gasteiger partial charge in [-0.05, 0) is 12.1 Å². The fourth-order valence-electron chi connectivity index (χ4n) is 1.75. The van der Waals surface area contributed by atoms with Crippen LogP contribution in [0.4, 0.5) is 4.79 Å². The van der Waals surface area contributed by atoms with Crippen molar-refractivity contribution < 1.29 is 14.3 Å². The maximum atomic E-state index is 10.6. The van der Waals surface area contributed by atoms with Gasteiger partial charge >= 0.3 is 5.30 Å². The number of carbonyl (C=O) groups excluding carboxylic acids is 1. The van der Waals surface area contributed by atoms with Crippen LogP contribution in [0.25, 0.3) is 11.0 Å². The number of thiol groups is 1. The lowest BCUT2D eigenvalue weighted by atomic mass is 10.2. The van der Waals surface area contributed by atoms with Gasteiger partial charge in [0.25, 0.3) is 0 Å². The molecule has 0 spiro atoms. The fourth-order valence-corrected chi connectivity index (χ4v) is 2.90. The number of H-pyrrole nitrogens is 1. The molecule has 0 aliphatic heterocycles. The largest absolute Gasteiger partial charge is 0.399 e. The average molecular weight is 388 g/mol. The van der Waals surface area contributed by atoms with Gasteiger partial charge in [-0.2, -0.15) is 0 Å². The van der Waals surface area contributed by atoms with E-state index >= 15 is 0 Å². The van der Waals surface area contributed by atoms with E-state index in [9.17, 15) is 4.79 Å². The number of methoxy groups -OCH3 is 1. The smallest absolute Gasteiger partial charge is 0.370 e. The minimum Gasteiger partial charge on any atom is -0.399 e. The number of nitrogens with zero attached hydrogens (tertiary/aromatic N) is 1. The SMILES string of the molecule is COCC[Si](C)(C)C.N=C(OC(=O)S)c1c[nH]c2nccc(Cl)c12. The Labute approximate surface area is 152 Å². The Morgan fingerprint density at radius 1 is 1.46 bits per heavy atom. The zero-order valence-electron chi connectivity index (χ0n) is 14.1. The molecular formula is C15H22ClN3O3SSi. The van der Waals surface area contributed by atoms with Crippen molar-refractivity contribution in [1.29, 1.82) is 5.41 Å². The molecule has 0 atom stereocenters. The third kappa shape index (κ3) is 6.64. The van der Waals surface area contributed by atoms with Crippen molar-refractivity contribution in [3.8, 4) is 0 Å². The summed E-state index contributed by atoms with van der Waals surface area (Å²) in [6, 6.07) is 2.88. The van der Waals surface area contributed by atoms with E-state index in [2.05, 4.69) is 47.0 Å². The predicted molar refractivity (Wildman–Crippen MR) is 103 cm³/mol. The first-order chi connectivity index (χ1) is 11.2. The molecule has 0 saturated carbocycles. The standard InChI is InChI=1S/C9H6ClN3O2S.C6H16OSi/c10-5-1-2-12-8-6(5)4(3-13-8)7(11)15-9(14)16;1-7-5-6-8(2,3)4/h1-3,11H,(H,12,13)(H,14,16);5-6H2,1-4H3. The summed E-state index contributed by atoms with van der Waals surface area (Å²) in [5.41, 5.74) is 0.901. The molecule has 24 heavy (non-hydrogen) atoms. The highest BCUT2D eigenvalue weighted by Gasteiger charge is 2.15. The number of halogens is 1. The average Bonchev–Trinajstić information content (AvgIpc) is 2.90. The molecule has 0 aliphatic rings. The molecule has 0 fully saturated rings. The first kappa shape index (κ1) is 20.7. The first-order valence-corrected chi connectivity index (χ1v) is 11.8. The molecule has 0 aromatic carbocycles. The van der Waals surface area contributed by atoms with Crippen LogP contribution in [0.2, 0.25) is 30.7 Å². The van der Waals surface area contributed by atoms with E-state index in [1.807, 2.05) is 0 Å². The number of pyridine rings is 1. The third-order valence-electron chi connectivity index (χ3n) is 3.01. The third-order valence-corrected chi connectivity index (χ3v) is 5.12. The summed E-state index contributed by atoms with van der Waals surface area (Å²) in [5.74, 6) is -0.318. The topological polar surface area (TPSA) is 88.1 Å². The monoisotopic (exact) mass is 387 g/mol. The van der Waals surface area contributed by atoms with E-state index in [4.69, 9.17) is 21.7 Å². The second-order valence-electron chi connectivity index (χ2n) is 6.22. The van der Waals surface area contributed by atoms with Gasteiger partial charge in [-0.3, -0.25) is 5.41 Å². The summed E-state index contributed by atoms with van der Waals surface area (Å²) in [4.78, 5) is 17.5. The second-order valence-corrected chi connectivity index (χ2v) is 12.6. The van der Waals surface area contributed by atoms with Gasteiger partial charge in [0.2, 0.25) is 5.90 Å². The van der Waals surface area contributed by atoms with Crippen LogP contribution in [0.3, 0.4) is 0 Å². The quantitative estimate of drug-likeness (QED) is 0.235. The number of hydrogen-bond donors (Lipinski definition) is 3. The van der Waals surface area contributed by atoms with E-state index < -0.39 is 13.4 Å². The molecule has 0 saturated heterocycles. The van der Waals surface area contributed by atoms with Crippen molar-refractivity contribution in [1.82, 2.24) is 9.97 Å². The number of ether oxygens (including phenoxy) is 2. The highest BCUT2D eigenvalue weighted by atomic mass is 35.5. The van der Waals surface area contributed by atoms with Crippen molar-refractivity contribution in [2.24, 2.45) is 0 Å². The van der Waals surface area contributed by atoms with Crippen molar-refractivity contribution in [3.05, 3.63) is 29.0 Å². The van der Waals surface area contributed by atoms with Gasteiger partial charge in [0.1, 0.15) is 5.65 Å². The molecule has 2 rings (SSSR count). The van der Waals surface area contributed by atoms with Gasteiger partial charge in [0.15, 0.2) is 0 Å².